The Hall–Kier alpha value is -4.29. The number of nitrogens with one attached hydrogen (secondary N) is 1. The third kappa shape index (κ3) is 4.72. The van der Waals surface area contributed by atoms with Crippen molar-refractivity contribution in [3.8, 4) is 28.9 Å². The van der Waals surface area contributed by atoms with Gasteiger partial charge in [0.25, 0.3) is 0 Å². The van der Waals surface area contributed by atoms with Crippen LogP contribution in [0.4, 0.5) is 11.6 Å². The van der Waals surface area contributed by atoms with Gasteiger partial charge in [0.2, 0.25) is 5.95 Å². The van der Waals surface area contributed by atoms with E-state index in [-0.39, 0.29) is 6.10 Å². The zero-order valence-electron chi connectivity index (χ0n) is 18.7. The van der Waals surface area contributed by atoms with Crippen molar-refractivity contribution in [2.75, 3.05) is 18.5 Å². The van der Waals surface area contributed by atoms with Crippen LogP contribution in [-0.2, 0) is 4.74 Å². The van der Waals surface area contributed by atoms with Gasteiger partial charge in [0.15, 0.2) is 0 Å². The van der Waals surface area contributed by atoms with Gasteiger partial charge in [-0.2, -0.15) is 5.26 Å². The first-order chi connectivity index (χ1) is 16.7. The molecule has 34 heavy (non-hydrogen) atoms. The molecule has 9 heteroatoms. The Morgan fingerprint density at radius 2 is 1.97 bits per heavy atom. The van der Waals surface area contributed by atoms with Crippen LogP contribution in [0.5, 0.6) is 5.75 Å². The first kappa shape index (κ1) is 21.6. The van der Waals surface area contributed by atoms with Gasteiger partial charge in [0.05, 0.1) is 36.4 Å². The molecule has 0 bridgehead atoms. The Morgan fingerprint density at radius 3 is 2.71 bits per heavy atom. The van der Waals surface area contributed by atoms with E-state index >= 15 is 0 Å². The van der Waals surface area contributed by atoms with E-state index in [2.05, 4.69) is 31.3 Å². The molecule has 170 valence electrons. The largest absolute Gasteiger partial charge is 0.489 e. The second-order valence-corrected chi connectivity index (χ2v) is 7.89. The summed E-state index contributed by atoms with van der Waals surface area (Å²) < 4.78 is 13.3. The van der Waals surface area contributed by atoms with E-state index in [0.29, 0.717) is 36.2 Å². The number of benzene rings is 1. The van der Waals surface area contributed by atoms with Crippen molar-refractivity contribution in [3.05, 3.63) is 72.6 Å². The Bertz CT molecular complexity index is 1320. The summed E-state index contributed by atoms with van der Waals surface area (Å²) in [6, 6.07) is 13.4. The molecule has 0 spiro atoms. The van der Waals surface area contributed by atoms with Crippen LogP contribution in [0.25, 0.3) is 17.1 Å². The molecule has 1 saturated heterocycles. The second kappa shape index (κ2) is 9.68. The molecule has 1 aliphatic rings. The minimum absolute atomic E-state index is 0.0687. The molecular weight excluding hydrogens is 430 g/mol. The van der Waals surface area contributed by atoms with Crippen molar-refractivity contribution in [2.24, 2.45) is 0 Å². The van der Waals surface area contributed by atoms with Crippen LogP contribution in [0, 0.1) is 18.3 Å². The Balaban J connectivity index is 1.32. The highest BCUT2D eigenvalue weighted by molar-refractivity contribution is 5.65. The Morgan fingerprint density at radius 1 is 1.09 bits per heavy atom. The molecule has 0 aliphatic carbocycles. The molecule has 0 atom stereocenters. The minimum atomic E-state index is 0.0687. The highest BCUT2D eigenvalue weighted by Gasteiger charge is 2.17. The summed E-state index contributed by atoms with van der Waals surface area (Å²) in [7, 11) is 0. The quantitative estimate of drug-likeness (QED) is 0.462. The highest BCUT2D eigenvalue weighted by atomic mass is 16.5. The van der Waals surface area contributed by atoms with Gasteiger partial charge in [-0.25, -0.2) is 19.9 Å². The van der Waals surface area contributed by atoms with E-state index in [0.717, 1.165) is 35.7 Å². The number of aryl methyl sites for hydroxylation is 1. The highest BCUT2D eigenvalue weighted by Crippen LogP contribution is 2.28. The van der Waals surface area contributed by atoms with Gasteiger partial charge in [0, 0.05) is 37.0 Å². The fourth-order valence-corrected chi connectivity index (χ4v) is 3.78. The molecule has 3 aromatic heterocycles. The SMILES string of the molecule is Cc1nccn1-c1ccc(Nc2nccc(-c3ccc(OC4CCOCC4)c(C#N)c3)n2)cn1. The minimum Gasteiger partial charge on any atom is -0.489 e. The van der Waals surface area contributed by atoms with E-state index in [1.165, 1.54) is 0 Å². The number of ether oxygens (including phenoxy) is 2. The van der Waals surface area contributed by atoms with Gasteiger partial charge < -0.3 is 14.8 Å². The number of imidazole rings is 1. The Kier molecular flexibility index (Phi) is 6.14. The number of nitrogens with zero attached hydrogens (tertiary/aromatic N) is 6. The predicted molar refractivity (Wildman–Crippen MR) is 126 cm³/mol. The Labute approximate surface area is 197 Å². The molecule has 1 aromatic carbocycles. The monoisotopic (exact) mass is 453 g/mol. The van der Waals surface area contributed by atoms with Crippen molar-refractivity contribution >= 4 is 11.6 Å². The lowest BCUT2D eigenvalue weighted by atomic mass is 10.1. The molecule has 1 N–H and O–H groups in total. The molecule has 1 aliphatic heterocycles. The summed E-state index contributed by atoms with van der Waals surface area (Å²) in [6.07, 6.45) is 8.73. The normalized spacial score (nSPS) is 13.9. The maximum atomic E-state index is 9.66. The third-order valence-electron chi connectivity index (χ3n) is 5.59. The maximum absolute atomic E-state index is 9.66. The lowest BCUT2D eigenvalue weighted by Crippen LogP contribution is -2.26. The van der Waals surface area contributed by atoms with Gasteiger partial charge in [-0.15, -0.1) is 0 Å². The summed E-state index contributed by atoms with van der Waals surface area (Å²) in [5, 5.41) is 12.8. The zero-order chi connectivity index (χ0) is 23.3. The van der Waals surface area contributed by atoms with Crippen LogP contribution in [0.15, 0.2) is 61.2 Å². The van der Waals surface area contributed by atoms with Crippen molar-refractivity contribution in [1.82, 2.24) is 24.5 Å². The van der Waals surface area contributed by atoms with Crippen LogP contribution in [-0.4, -0.2) is 43.8 Å². The van der Waals surface area contributed by atoms with Crippen molar-refractivity contribution in [3.63, 3.8) is 0 Å². The number of hydrogen-bond donors (Lipinski definition) is 1. The van der Waals surface area contributed by atoms with Crippen LogP contribution >= 0.6 is 0 Å². The molecule has 1 fully saturated rings. The molecule has 4 aromatic rings. The van der Waals surface area contributed by atoms with Gasteiger partial charge >= 0.3 is 0 Å². The molecule has 0 unspecified atom stereocenters. The van der Waals surface area contributed by atoms with E-state index in [9.17, 15) is 5.26 Å². The molecular formula is C25H23N7O2. The van der Waals surface area contributed by atoms with Crippen molar-refractivity contribution < 1.29 is 9.47 Å². The average molecular weight is 454 g/mol. The third-order valence-corrected chi connectivity index (χ3v) is 5.59. The zero-order valence-corrected chi connectivity index (χ0v) is 18.7. The van der Waals surface area contributed by atoms with Gasteiger partial charge in [-0.3, -0.25) is 4.57 Å². The van der Waals surface area contributed by atoms with Crippen molar-refractivity contribution in [1.29, 1.82) is 5.26 Å². The first-order valence-corrected chi connectivity index (χ1v) is 11.0. The smallest absolute Gasteiger partial charge is 0.227 e. The molecule has 5 rings (SSSR count). The number of nitriles is 1. The molecule has 0 saturated carbocycles. The average Bonchev–Trinajstić information content (AvgIpc) is 3.31. The summed E-state index contributed by atoms with van der Waals surface area (Å²) in [4.78, 5) is 17.6. The number of rotatable bonds is 6. The first-order valence-electron chi connectivity index (χ1n) is 11.0. The van der Waals surface area contributed by atoms with Gasteiger partial charge in [-0.05, 0) is 43.3 Å². The lowest BCUT2D eigenvalue weighted by molar-refractivity contribution is 0.0254. The van der Waals surface area contributed by atoms with Crippen molar-refractivity contribution in [2.45, 2.75) is 25.9 Å². The standard InChI is InChI=1S/C25H23N7O2/c1-17-27-10-11-32(17)24-5-3-20(16-29-24)30-25-28-9-6-22(31-25)18-2-4-23(19(14-18)15-26)34-21-7-12-33-13-8-21/h2-6,9-11,14,16,21H,7-8,12-13H2,1H3,(H,28,30,31). The maximum Gasteiger partial charge on any atom is 0.227 e. The predicted octanol–water partition coefficient (Wildman–Crippen LogP) is 4.21. The van der Waals surface area contributed by atoms with E-state index in [4.69, 9.17) is 9.47 Å². The van der Waals surface area contributed by atoms with Gasteiger partial charge in [0.1, 0.15) is 29.6 Å². The van der Waals surface area contributed by atoms with E-state index in [1.807, 2.05) is 48.0 Å². The summed E-state index contributed by atoms with van der Waals surface area (Å²) in [5.41, 5.74) is 2.75. The lowest BCUT2D eigenvalue weighted by Gasteiger charge is -2.23. The number of hydrogen-bond acceptors (Lipinski definition) is 8. The second-order valence-electron chi connectivity index (χ2n) is 7.89. The van der Waals surface area contributed by atoms with Crippen LogP contribution in [0.1, 0.15) is 24.2 Å². The molecule has 9 nitrogen and oxygen atoms in total. The number of aromatic nitrogens is 5. The van der Waals surface area contributed by atoms with Gasteiger partial charge in [-0.1, -0.05) is 0 Å². The fourth-order valence-electron chi connectivity index (χ4n) is 3.78. The summed E-state index contributed by atoms with van der Waals surface area (Å²) >= 11 is 0. The summed E-state index contributed by atoms with van der Waals surface area (Å²) in [5.74, 6) is 2.67. The molecule has 0 amide bonds. The van der Waals surface area contributed by atoms with Crippen LogP contribution in [0.2, 0.25) is 0 Å². The topological polar surface area (TPSA) is 111 Å². The van der Waals surface area contributed by atoms with Crippen LogP contribution < -0.4 is 10.1 Å². The summed E-state index contributed by atoms with van der Waals surface area (Å²) in [6.45, 7) is 3.29. The number of pyridine rings is 1. The molecule has 4 heterocycles. The van der Waals surface area contributed by atoms with Crippen LogP contribution in [0.3, 0.4) is 0 Å². The van der Waals surface area contributed by atoms with E-state index < -0.39 is 0 Å². The van der Waals surface area contributed by atoms with E-state index in [1.54, 1.807) is 24.7 Å². The molecule has 0 radical (unpaired) electrons. The fraction of sp³-hybridized carbons (Fsp3) is 0.240. The number of anilines is 2.